The van der Waals surface area contributed by atoms with Crippen LogP contribution in [0.2, 0.25) is 0 Å². The second kappa shape index (κ2) is 9.49. The Hall–Kier alpha value is -3.74. The fourth-order valence-corrected chi connectivity index (χ4v) is 4.31. The highest BCUT2D eigenvalue weighted by molar-refractivity contribution is 5.96. The molecule has 2 atom stereocenters. The standard InChI is InChI=1S/C29H26O6/c1-29(2)34-25(17-32-27(30)23-13-11-19-7-3-5-9-21(19)15-23)26(35-29)18-33-28(31)24-14-12-20-8-4-6-10-22(20)16-24/h3-16,25-26H,17-18H2,1-2H3/t25-,26-/m0/s1. The van der Waals surface area contributed by atoms with Gasteiger partial charge in [-0.25, -0.2) is 9.59 Å². The molecule has 0 aliphatic carbocycles. The number of esters is 2. The minimum atomic E-state index is -0.889. The lowest BCUT2D eigenvalue weighted by Crippen LogP contribution is -2.33. The van der Waals surface area contributed by atoms with Crippen LogP contribution in [0.5, 0.6) is 0 Å². The maximum Gasteiger partial charge on any atom is 0.338 e. The first-order valence-electron chi connectivity index (χ1n) is 11.6. The van der Waals surface area contributed by atoms with E-state index in [1.54, 1.807) is 38.1 Å². The Bertz CT molecular complexity index is 1290. The number of carbonyl (C=O) groups is 2. The molecule has 1 saturated heterocycles. The van der Waals surface area contributed by atoms with Crippen LogP contribution in [0.15, 0.2) is 84.9 Å². The van der Waals surface area contributed by atoms with E-state index < -0.39 is 29.9 Å². The average molecular weight is 471 g/mol. The van der Waals surface area contributed by atoms with Gasteiger partial charge < -0.3 is 18.9 Å². The first-order chi connectivity index (χ1) is 16.9. The lowest BCUT2D eigenvalue weighted by atomic mass is 10.1. The molecule has 0 aromatic heterocycles. The van der Waals surface area contributed by atoms with Gasteiger partial charge in [-0.2, -0.15) is 0 Å². The van der Waals surface area contributed by atoms with Crippen molar-refractivity contribution in [2.24, 2.45) is 0 Å². The highest BCUT2D eigenvalue weighted by atomic mass is 16.8. The number of benzene rings is 4. The van der Waals surface area contributed by atoms with Gasteiger partial charge in [-0.15, -0.1) is 0 Å². The molecule has 4 aromatic carbocycles. The molecule has 0 unspecified atom stereocenters. The summed E-state index contributed by atoms with van der Waals surface area (Å²) in [6.07, 6.45) is -1.14. The van der Waals surface area contributed by atoms with E-state index in [0.29, 0.717) is 11.1 Å². The van der Waals surface area contributed by atoms with Crippen LogP contribution in [0.1, 0.15) is 34.6 Å². The molecule has 35 heavy (non-hydrogen) atoms. The Morgan fingerprint density at radius 2 is 1.06 bits per heavy atom. The lowest BCUT2D eigenvalue weighted by molar-refractivity contribution is -0.151. The maximum atomic E-state index is 12.7. The Balaban J connectivity index is 1.21. The summed E-state index contributed by atoms with van der Waals surface area (Å²) < 4.78 is 22.9. The van der Waals surface area contributed by atoms with Crippen molar-refractivity contribution < 1.29 is 28.5 Å². The molecular weight excluding hydrogens is 444 g/mol. The van der Waals surface area contributed by atoms with Gasteiger partial charge in [0.25, 0.3) is 0 Å². The second-order valence-electron chi connectivity index (χ2n) is 9.03. The largest absolute Gasteiger partial charge is 0.459 e. The van der Waals surface area contributed by atoms with Gasteiger partial charge in [0, 0.05) is 0 Å². The fourth-order valence-electron chi connectivity index (χ4n) is 4.31. The van der Waals surface area contributed by atoms with Crippen molar-refractivity contribution in [3.05, 3.63) is 96.1 Å². The Morgan fingerprint density at radius 1 is 0.657 bits per heavy atom. The quantitative estimate of drug-likeness (QED) is 0.345. The minimum Gasteiger partial charge on any atom is -0.459 e. The molecule has 1 aliphatic heterocycles. The molecule has 0 bridgehead atoms. The molecule has 4 aromatic rings. The summed E-state index contributed by atoms with van der Waals surface area (Å²) in [6, 6.07) is 26.5. The van der Waals surface area contributed by atoms with Crippen LogP contribution in [0, 0.1) is 0 Å². The predicted molar refractivity (Wildman–Crippen MR) is 132 cm³/mol. The number of hydrogen-bond acceptors (Lipinski definition) is 6. The molecule has 0 amide bonds. The van der Waals surface area contributed by atoms with Gasteiger partial charge in [-0.05, 0) is 59.7 Å². The summed E-state index contributed by atoms with van der Waals surface area (Å²) in [5.41, 5.74) is 0.919. The SMILES string of the molecule is CC1(C)O[C@@H](COC(=O)c2ccc3ccccc3c2)[C@H](COC(=O)c2ccc3ccccc3c2)O1. The lowest BCUT2D eigenvalue weighted by Gasteiger charge is -2.17. The Morgan fingerprint density at radius 3 is 1.49 bits per heavy atom. The first-order valence-corrected chi connectivity index (χ1v) is 11.6. The third-order valence-corrected chi connectivity index (χ3v) is 6.01. The summed E-state index contributed by atoms with van der Waals surface area (Å²) in [5, 5.41) is 4.02. The number of ether oxygens (including phenoxy) is 4. The van der Waals surface area contributed by atoms with Gasteiger partial charge in [0.1, 0.15) is 25.4 Å². The van der Waals surface area contributed by atoms with Gasteiger partial charge in [-0.1, -0.05) is 60.7 Å². The summed E-state index contributed by atoms with van der Waals surface area (Å²) in [7, 11) is 0. The molecule has 0 radical (unpaired) electrons. The third-order valence-electron chi connectivity index (χ3n) is 6.01. The van der Waals surface area contributed by atoms with Crippen molar-refractivity contribution in [1.82, 2.24) is 0 Å². The van der Waals surface area contributed by atoms with Crippen molar-refractivity contribution in [3.8, 4) is 0 Å². The molecular formula is C29H26O6. The van der Waals surface area contributed by atoms with E-state index in [2.05, 4.69) is 0 Å². The van der Waals surface area contributed by atoms with Gasteiger partial charge in [-0.3, -0.25) is 0 Å². The highest BCUT2D eigenvalue weighted by Crippen LogP contribution is 2.29. The zero-order chi connectivity index (χ0) is 24.4. The van der Waals surface area contributed by atoms with Gasteiger partial charge in [0.15, 0.2) is 5.79 Å². The monoisotopic (exact) mass is 470 g/mol. The van der Waals surface area contributed by atoms with E-state index in [1.165, 1.54) is 0 Å². The van der Waals surface area contributed by atoms with Gasteiger partial charge in [0.2, 0.25) is 0 Å². The molecule has 0 saturated carbocycles. The van der Waals surface area contributed by atoms with Crippen molar-refractivity contribution in [2.75, 3.05) is 13.2 Å². The molecule has 6 heteroatoms. The van der Waals surface area contributed by atoms with Crippen LogP contribution in [-0.4, -0.2) is 43.1 Å². The van der Waals surface area contributed by atoms with Crippen LogP contribution in [0.3, 0.4) is 0 Å². The molecule has 5 rings (SSSR count). The number of hydrogen-bond donors (Lipinski definition) is 0. The highest BCUT2D eigenvalue weighted by Gasteiger charge is 2.42. The summed E-state index contributed by atoms with van der Waals surface area (Å²) in [5.74, 6) is -1.79. The fraction of sp³-hybridized carbons (Fsp3) is 0.241. The van der Waals surface area contributed by atoms with Crippen molar-refractivity contribution in [3.63, 3.8) is 0 Å². The summed E-state index contributed by atoms with van der Waals surface area (Å²) >= 11 is 0. The third kappa shape index (κ3) is 5.19. The predicted octanol–water partition coefficient (Wildman–Crippen LogP) is 5.53. The molecule has 0 N–H and O–H groups in total. The van der Waals surface area contributed by atoms with E-state index in [9.17, 15) is 9.59 Å². The average Bonchev–Trinajstić information content (AvgIpc) is 3.18. The summed E-state index contributed by atoms with van der Waals surface area (Å²) in [4.78, 5) is 25.3. The number of carbonyl (C=O) groups excluding carboxylic acids is 2. The molecule has 6 nitrogen and oxygen atoms in total. The van der Waals surface area contributed by atoms with E-state index in [-0.39, 0.29) is 13.2 Å². The van der Waals surface area contributed by atoms with E-state index in [4.69, 9.17) is 18.9 Å². The zero-order valence-corrected chi connectivity index (χ0v) is 19.6. The normalized spacial score (nSPS) is 19.0. The molecule has 178 valence electrons. The second-order valence-corrected chi connectivity index (χ2v) is 9.03. The van der Waals surface area contributed by atoms with Gasteiger partial charge >= 0.3 is 11.9 Å². The van der Waals surface area contributed by atoms with Crippen molar-refractivity contribution >= 4 is 33.5 Å². The zero-order valence-electron chi connectivity index (χ0n) is 19.6. The Kier molecular flexibility index (Phi) is 6.24. The Labute approximate surface area is 203 Å². The maximum absolute atomic E-state index is 12.7. The topological polar surface area (TPSA) is 71.1 Å². The van der Waals surface area contributed by atoms with Crippen LogP contribution < -0.4 is 0 Å². The molecule has 1 aliphatic rings. The van der Waals surface area contributed by atoms with E-state index in [0.717, 1.165) is 21.5 Å². The van der Waals surface area contributed by atoms with Gasteiger partial charge in [0.05, 0.1) is 11.1 Å². The van der Waals surface area contributed by atoms with Crippen molar-refractivity contribution in [1.29, 1.82) is 0 Å². The van der Waals surface area contributed by atoms with Crippen LogP contribution in [-0.2, 0) is 18.9 Å². The van der Waals surface area contributed by atoms with Crippen LogP contribution in [0.4, 0.5) is 0 Å². The van der Waals surface area contributed by atoms with E-state index >= 15 is 0 Å². The van der Waals surface area contributed by atoms with Crippen LogP contribution in [0.25, 0.3) is 21.5 Å². The summed E-state index contributed by atoms with van der Waals surface area (Å²) in [6.45, 7) is 3.51. The molecule has 1 heterocycles. The van der Waals surface area contributed by atoms with Crippen molar-refractivity contribution in [2.45, 2.75) is 31.8 Å². The number of rotatable bonds is 6. The smallest absolute Gasteiger partial charge is 0.338 e. The molecule has 0 spiro atoms. The minimum absolute atomic E-state index is 0.0206. The number of fused-ring (bicyclic) bond motifs is 2. The van der Waals surface area contributed by atoms with Crippen LogP contribution >= 0.6 is 0 Å². The van der Waals surface area contributed by atoms with E-state index in [1.807, 2.05) is 60.7 Å². The molecule has 1 fully saturated rings. The first kappa shape index (κ1) is 23.0.